The fraction of sp³-hybridized carbons (Fsp3) is 0.111. The summed E-state index contributed by atoms with van der Waals surface area (Å²) in [6, 6.07) is 10.7. The molecule has 0 amide bonds. The Morgan fingerprint density at radius 2 is 1.96 bits per heavy atom. The van der Waals surface area contributed by atoms with Gasteiger partial charge in [-0.1, -0.05) is 12.1 Å². The molecule has 0 aliphatic heterocycles. The highest BCUT2D eigenvalue weighted by molar-refractivity contribution is 5.59. The highest BCUT2D eigenvalue weighted by atomic mass is 19.2. The fourth-order valence-corrected chi connectivity index (χ4v) is 2.69. The second-order valence-electron chi connectivity index (χ2n) is 5.60. The van der Waals surface area contributed by atoms with Gasteiger partial charge < -0.3 is 9.52 Å². The van der Waals surface area contributed by atoms with Crippen LogP contribution in [-0.2, 0) is 12.8 Å². The van der Waals surface area contributed by atoms with Crippen LogP contribution < -0.4 is 0 Å². The van der Waals surface area contributed by atoms with Gasteiger partial charge in [-0.25, -0.2) is 13.8 Å². The predicted molar refractivity (Wildman–Crippen MR) is 86.1 cm³/mol. The molecule has 7 heteroatoms. The molecule has 0 aliphatic carbocycles. The lowest BCUT2D eigenvalue weighted by Crippen LogP contribution is -2.01. The minimum absolute atomic E-state index is 0.0856. The molecule has 25 heavy (non-hydrogen) atoms. The number of hydrogen-bond donors (Lipinski definition) is 1. The van der Waals surface area contributed by atoms with Crippen LogP contribution >= 0.6 is 0 Å². The van der Waals surface area contributed by atoms with E-state index in [-0.39, 0.29) is 17.9 Å². The molecule has 1 aromatic carbocycles. The standard InChI is InChI=1S/C18H13F2N3O2/c19-13-4-1-3-11(18(13)20)6-7-12-9-17(24)23-16(21-12)10-14(22-23)15-5-2-8-25-15/h1-5,8-10,24H,6-7H2. The first-order valence-electron chi connectivity index (χ1n) is 7.67. The van der Waals surface area contributed by atoms with E-state index in [2.05, 4.69) is 10.1 Å². The molecule has 0 saturated heterocycles. The van der Waals surface area contributed by atoms with E-state index in [1.54, 1.807) is 18.2 Å². The second kappa shape index (κ2) is 6.01. The van der Waals surface area contributed by atoms with Crippen LogP contribution in [0.5, 0.6) is 5.88 Å². The summed E-state index contributed by atoms with van der Waals surface area (Å²) in [7, 11) is 0. The van der Waals surface area contributed by atoms with E-state index in [4.69, 9.17) is 4.42 Å². The van der Waals surface area contributed by atoms with Gasteiger partial charge in [-0.05, 0) is 36.6 Å². The lowest BCUT2D eigenvalue weighted by Gasteiger charge is -2.05. The Labute approximate surface area is 141 Å². The van der Waals surface area contributed by atoms with E-state index in [0.29, 0.717) is 29.2 Å². The number of fused-ring (bicyclic) bond motifs is 1. The Kier molecular flexibility index (Phi) is 3.68. The highest BCUT2D eigenvalue weighted by Gasteiger charge is 2.13. The van der Waals surface area contributed by atoms with Gasteiger partial charge in [0.05, 0.1) is 6.26 Å². The Balaban J connectivity index is 1.63. The molecule has 0 spiro atoms. The van der Waals surface area contributed by atoms with Gasteiger partial charge in [-0.3, -0.25) is 0 Å². The van der Waals surface area contributed by atoms with Crippen LogP contribution in [0.3, 0.4) is 0 Å². The second-order valence-corrected chi connectivity index (χ2v) is 5.60. The highest BCUT2D eigenvalue weighted by Crippen LogP contribution is 2.23. The van der Waals surface area contributed by atoms with E-state index in [1.165, 1.54) is 29.0 Å². The molecule has 1 N–H and O–H groups in total. The number of halogens is 2. The Hall–Kier alpha value is -3.22. The van der Waals surface area contributed by atoms with Crippen molar-refractivity contribution in [2.75, 3.05) is 0 Å². The van der Waals surface area contributed by atoms with Crippen LogP contribution in [0.15, 0.2) is 53.1 Å². The Bertz CT molecular complexity index is 1040. The lowest BCUT2D eigenvalue weighted by atomic mass is 10.1. The smallest absolute Gasteiger partial charge is 0.215 e. The van der Waals surface area contributed by atoms with Gasteiger partial charge in [-0.15, -0.1) is 0 Å². The minimum Gasteiger partial charge on any atom is -0.493 e. The maximum absolute atomic E-state index is 13.7. The number of aryl methyl sites for hydroxylation is 2. The molecule has 0 saturated carbocycles. The van der Waals surface area contributed by atoms with E-state index in [9.17, 15) is 13.9 Å². The zero-order chi connectivity index (χ0) is 17.4. The van der Waals surface area contributed by atoms with E-state index in [1.807, 2.05) is 0 Å². The lowest BCUT2D eigenvalue weighted by molar-refractivity contribution is 0.434. The van der Waals surface area contributed by atoms with E-state index < -0.39 is 11.6 Å². The monoisotopic (exact) mass is 341 g/mol. The number of rotatable bonds is 4. The van der Waals surface area contributed by atoms with Gasteiger partial charge >= 0.3 is 0 Å². The van der Waals surface area contributed by atoms with Crippen LogP contribution in [0.4, 0.5) is 8.78 Å². The third-order valence-electron chi connectivity index (χ3n) is 3.92. The third kappa shape index (κ3) is 2.84. The zero-order valence-corrected chi connectivity index (χ0v) is 13.0. The van der Waals surface area contributed by atoms with Gasteiger partial charge in [-0.2, -0.15) is 9.61 Å². The summed E-state index contributed by atoms with van der Waals surface area (Å²) in [5, 5.41) is 14.4. The van der Waals surface area contributed by atoms with Crippen molar-refractivity contribution >= 4 is 5.65 Å². The Morgan fingerprint density at radius 1 is 1.08 bits per heavy atom. The van der Waals surface area contributed by atoms with Crippen LogP contribution in [-0.4, -0.2) is 19.7 Å². The van der Waals surface area contributed by atoms with Crippen molar-refractivity contribution in [3.8, 4) is 17.3 Å². The minimum atomic E-state index is -0.873. The van der Waals surface area contributed by atoms with E-state index >= 15 is 0 Å². The number of furan rings is 1. The first-order chi connectivity index (χ1) is 12.1. The SMILES string of the molecule is Oc1cc(CCc2cccc(F)c2F)nc2cc(-c3ccco3)nn12. The first-order valence-corrected chi connectivity index (χ1v) is 7.67. The summed E-state index contributed by atoms with van der Waals surface area (Å²) in [6.07, 6.45) is 2.16. The molecule has 0 atom stereocenters. The average molecular weight is 341 g/mol. The van der Waals surface area contributed by atoms with Crippen molar-refractivity contribution in [2.45, 2.75) is 12.8 Å². The molecule has 126 valence electrons. The van der Waals surface area contributed by atoms with Crippen molar-refractivity contribution in [2.24, 2.45) is 0 Å². The van der Waals surface area contributed by atoms with Gasteiger partial charge in [0, 0.05) is 17.8 Å². The summed E-state index contributed by atoms with van der Waals surface area (Å²) >= 11 is 0. The maximum Gasteiger partial charge on any atom is 0.215 e. The van der Waals surface area contributed by atoms with E-state index in [0.717, 1.165) is 6.07 Å². The van der Waals surface area contributed by atoms with Crippen LogP contribution in [0.25, 0.3) is 17.1 Å². The van der Waals surface area contributed by atoms with Crippen molar-refractivity contribution in [1.82, 2.24) is 14.6 Å². The number of hydrogen-bond acceptors (Lipinski definition) is 4. The predicted octanol–water partition coefficient (Wildman–Crippen LogP) is 3.76. The maximum atomic E-state index is 13.7. The van der Waals surface area contributed by atoms with Crippen molar-refractivity contribution in [1.29, 1.82) is 0 Å². The summed E-state index contributed by atoms with van der Waals surface area (Å²) < 4.78 is 33.6. The molecule has 0 unspecified atom stereocenters. The molecule has 4 aromatic rings. The molecule has 0 radical (unpaired) electrons. The molecule has 0 fully saturated rings. The normalized spacial score (nSPS) is 11.3. The average Bonchev–Trinajstić information content (AvgIpc) is 3.25. The fourth-order valence-electron chi connectivity index (χ4n) is 2.69. The summed E-state index contributed by atoms with van der Waals surface area (Å²) in [4.78, 5) is 4.42. The molecule has 4 rings (SSSR count). The molecular weight excluding hydrogens is 328 g/mol. The van der Waals surface area contributed by atoms with Gasteiger partial charge in [0.1, 0.15) is 5.69 Å². The molecule has 5 nitrogen and oxygen atoms in total. The van der Waals surface area contributed by atoms with Crippen LogP contribution in [0.1, 0.15) is 11.3 Å². The molecule has 0 aliphatic rings. The summed E-state index contributed by atoms with van der Waals surface area (Å²) in [6.45, 7) is 0. The van der Waals surface area contributed by atoms with Crippen LogP contribution in [0.2, 0.25) is 0 Å². The topological polar surface area (TPSA) is 63.6 Å². The van der Waals surface area contributed by atoms with Gasteiger partial charge in [0.25, 0.3) is 0 Å². The van der Waals surface area contributed by atoms with Gasteiger partial charge in [0.2, 0.25) is 5.88 Å². The molecule has 0 bridgehead atoms. The number of nitrogens with zero attached hydrogens (tertiary/aromatic N) is 3. The third-order valence-corrected chi connectivity index (χ3v) is 3.92. The van der Waals surface area contributed by atoms with Gasteiger partial charge in [0.15, 0.2) is 23.0 Å². The summed E-state index contributed by atoms with van der Waals surface area (Å²) in [5.41, 5.74) is 1.81. The molecule has 3 heterocycles. The molecule has 3 aromatic heterocycles. The van der Waals surface area contributed by atoms with Crippen molar-refractivity contribution in [3.63, 3.8) is 0 Å². The number of aromatic hydroxyl groups is 1. The zero-order valence-electron chi connectivity index (χ0n) is 13.0. The number of aromatic nitrogens is 3. The van der Waals surface area contributed by atoms with Crippen molar-refractivity contribution in [3.05, 3.63) is 71.6 Å². The van der Waals surface area contributed by atoms with Crippen LogP contribution in [0, 0.1) is 11.6 Å². The van der Waals surface area contributed by atoms with Crippen molar-refractivity contribution < 1.29 is 18.3 Å². The number of benzene rings is 1. The quantitative estimate of drug-likeness (QED) is 0.614. The first kappa shape index (κ1) is 15.3. The molecular formula is C18H13F2N3O2. The largest absolute Gasteiger partial charge is 0.493 e. The summed E-state index contributed by atoms with van der Waals surface area (Å²) in [5.74, 6) is -1.24. The Morgan fingerprint density at radius 3 is 2.76 bits per heavy atom.